The zero-order valence-electron chi connectivity index (χ0n) is 12.9. The van der Waals surface area contributed by atoms with Gasteiger partial charge in [0.2, 0.25) is 5.91 Å². The molecule has 0 heterocycles. The Morgan fingerprint density at radius 2 is 1.86 bits per heavy atom. The molecule has 0 bridgehead atoms. The maximum absolute atomic E-state index is 11.6. The third-order valence-electron chi connectivity index (χ3n) is 3.43. The fraction of sp³-hybridized carbons (Fsp3) is 0.533. The summed E-state index contributed by atoms with van der Waals surface area (Å²) in [5.74, 6) is -0.422. The van der Waals surface area contributed by atoms with Crippen LogP contribution in [0.3, 0.4) is 0 Å². The molecule has 0 fully saturated rings. The fourth-order valence-corrected chi connectivity index (χ4v) is 2.31. The number of sulfone groups is 1. The molecule has 0 aliphatic heterocycles. The van der Waals surface area contributed by atoms with Gasteiger partial charge in [-0.15, -0.1) is 0 Å². The number of carbonyl (C=O) groups excluding carboxylic acids is 1. The van der Waals surface area contributed by atoms with E-state index in [4.69, 9.17) is 0 Å². The summed E-state index contributed by atoms with van der Waals surface area (Å²) in [6.45, 7) is 2.80. The molecule has 5 nitrogen and oxygen atoms in total. The van der Waals surface area contributed by atoms with Crippen LogP contribution in [0.5, 0.6) is 0 Å². The average Bonchev–Trinajstić information content (AvgIpc) is 2.45. The standard InChI is InChI=1S/C15H24N2O3S/c1-13(21(3,19)20)15(18)16-11-7-8-12-17(2)14-9-5-4-6-10-14/h4-6,9-10,13H,7-8,11-12H2,1-3H3,(H,16,18). The van der Waals surface area contributed by atoms with Gasteiger partial charge in [-0.2, -0.15) is 0 Å². The Balaban J connectivity index is 2.22. The lowest BCUT2D eigenvalue weighted by Gasteiger charge is -2.19. The van der Waals surface area contributed by atoms with Crippen molar-refractivity contribution in [1.29, 1.82) is 0 Å². The number of benzene rings is 1. The van der Waals surface area contributed by atoms with E-state index >= 15 is 0 Å². The number of nitrogens with one attached hydrogen (secondary N) is 1. The number of para-hydroxylation sites is 1. The minimum atomic E-state index is -3.31. The molecule has 6 heteroatoms. The van der Waals surface area contributed by atoms with E-state index in [2.05, 4.69) is 22.3 Å². The SMILES string of the molecule is CC(C(=O)NCCCCN(C)c1ccccc1)S(C)(=O)=O. The van der Waals surface area contributed by atoms with Gasteiger partial charge in [-0.05, 0) is 31.9 Å². The molecule has 0 aliphatic rings. The van der Waals surface area contributed by atoms with Gasteiger partial charge >= 0.3 is 0 Å². The molecule has 1 unspecified atom stereocenters. The molecule has 0 aliphatic carbocycles. The largest absolute Gasteiger partial charge is 0.375 e. The number of hydrogen-bond donors (Lipinski definition) is 1. The predicted octanol–water partition coefficient (Wildman–Crippen LogP) is 1.45. The highest BCUT2D eigenvalue weighted by molar-refractivity contribution is 7.92. The van der Waals surface area contributed by atoms with Gasteiger partial charge in [0.25, 0.3) is 0 Å². The van der Waals surface area contributed by atoms with Crippen LogP contribution in [0.1, 0.15) is 19.8 Å². The van der Waals surface area contributed by atoms with Crippen LogP contribution in [0.2, 0.25) is 0 Å². The first kappa shape index (κ1) is 17.5. The third kappa shape index (κ3) is 6.16. The minimum absolute atomic E-state index is 0.422. The third-order valence-corrected chi connectivity index (χ3v) is 4.93. The Morgan fingerprint density at radius 3 is 2.43 bits per heavy atom. The van der Waals surface area contributed by atoms with Crippen LogP contribution in [0.4, 0.5) is 5.69 Å². The molecule has 1 rings (SSSR count). The van der Waals surface area contributed by atoms with Crippen molar-refractivity contribution in [3.8, 4) is 0 Å². The number of anilines is 1. The molecular weight excluding hydrogens is 288 g/mol. The van der Waals surface area contributed by atoms with E-state index < -0.39 is 21.0 Å². The first-order chi connectivity index (χ1) is 9.82. The number of nitrogens with zero attached hydrogens (tertiary/aromatic N) is 1. The highest BCUT2D eigenvalue weighted by Gasteiger charge is 2.22. The molecule has 0 spiro atoms. The van der Waals surface area contributed by atoms with Crippen molar-refractivity contribution in [2.75, 3.05) is 31.3 Å². The van der Waals surface area contributed by atoms with Gasteiger partial charge in [-0.25, -0.2) is 8.42 Å². The molecule has 1 N–H and O–H groups in total. The molecule has 1 atom stereocenters. The molecule has 21 heavy (non-hydrogen) atoms. The van der Waals surface area contributed by atoms with Crippen molar-refractivity contribution >= 4 is 21.4 Å². The summed E-state index contributed by atoms with van der Waals surface area (Å²) in [5, 5.41) is 1.68. The molecule has 0 saturated carbocycles. The van der Waals surface area contributed by atoms with Crippen LogP contribution in [-0.2, 0) is 14.6 Å². The number of hydrogen-bond acceptors (Lipinski definition) is 4. The van der Waals surface area contributed by atoms with Gasteiger partial charge < -0.3 is 10.2 Å². The quantitative estimate of drug-likeness (QED) is 0.738. The molecule has 0 radical (unpaired) electrons. The summed E-state index contributed by atoms with van der Waals surface area (Å²) < 4.78 is 22.5. The van der Waals surface area contributed by atoms with Crippen LogP contribution in [0, 0.1) is 0 Å². The fourth-order valence-electron chi connectivity index (χ4n) is 1.84. The van der Waals surface area contributed by atoms with Crippen molar-refractivity contribution in [3.63, 3.8) is 0 Å². The van der Waals surface area contributed by atoms with Crippen LogP contribution < -0.4 is 10.2 Å². The van der Waals surface area contributed by atoms with E-state index in [1.807, 2.05) is 25.2 Å². The normalized spacial score (nSPS) is 12.7. The smallest absolute Gasteiger partial charge is 0.238 e. The Kier molecular flexibility index (Phi) is 6.68. The Hall–Kier alpha value is -1.56. The molecular formula is C15H24N2O3S. The Bertz CT molecular complexity index is 543. The lowest BCUT2D eigenvalue weighted by molar-refractivity contribution is -0.120. The highest BCUT2D eigenvalue weighted by atomic mass is 32.2. The van der Waals surface area contributed by atoms with E-state index in [0.29, 0.717) is 6.54 Å². The number of carbonyl (C=O) groups is 1. The second kappa shape index (κ2) is 8.02. The molecule has 118 valence electrons. The topological polar surface area (TPSA) is 66.5 Å². The second-order valence-electron chi connectivity index (χ2n) is 5.23. The van der Waals surface area contributed by atoms with Crippen molar-refractivity contribution in [2.24, 2.45) is 0 Å². The summed E-state index contributed by atoms with van der Waals surface area (Å²) in [7, 11) is -1.29. The summed E-state index contributed by atoms with van der Waals surface area (Å²) >= 11 is 0. The number of amides is 1. The molecule has 1 amide bonds. The average molecular weight is 312 g/mol. The second-order valence-corrected chi connectivity index (χ2v) is 7.59. The van der Waals surface area contributed by atoms with Crippen LogP contribution in [0.15, 0.2) is 30.3 Å². The number of rotatable bonds is 8. The summed E-state index contributed by atoms with van der Waals surface area (Å²) in [6.07, 6.45) is 2.82. The lowest BCUT2D eigenvalue weighted by Crippen LogP contribution is -2.38. The van der Waals surface area contributed by atoms with E-state index in [1.54, 1.807) is 0 Å². The van der Waals surface area contributed by atoms with Crippen molar-refractivity contribution < 1.29 is 13.2 Å². The van der Waals surface area contributed by atoms with E-state index in [-0.39, 0.29) is 0 Å². The predicted molar refractivity (Wildman–Crippen MR) is 86.3 cm³/mol. The maximum atomic E-state index is 11.6. The molecule has 1 aromatic rings. The van der Waals surface area contributed by atoms with Gasteiger partial charge in [0.1, 0.15) is 5.25 Å². The first-order valence-electron chi connectivity index (χ1n) is 7.05. The monoisotopic (exact) mass is 312 g/mol. The molecule has 0 saturated heterocycles. The lowest BCUT2D eigenvalue weighted by atomic mass is 10.2. The Morgan fingerprint density at radius 1 is 1.24 bits per heavy atom. The van der Waals surface area contributed by atoms with Crippen LogP contribution >= 0.6 is 0 Å². The zero-order chi connectivity index (χ0) is 15.9. The van der Waals surface area contributed by atoms with Crippen molar-refractivity contribution in [3.05, 3.63) is 30.3 Å². The van der Waals surface area contributed by atoms with Gasteiger partial charge in [-0.3, -0.25) is 4.79 Å². The molecule has 1 aromatic carbocycles. The summed E-state index contributed by atoms with van der Waals surface area (Å²) in [6, 6.07) is 10.1. The maximum Gasteiger partial charge on any atom is 0.238 e. The van der Waals surface area contributed by atoms with E-state index in [9.17, 15) is 13.2 Å². The zero-order valence-corrected chi connectivity index (χ0v) is 13.7. The van der Waals surface area contributed by atoms with Crippen molar-refractivity contribution in [2.45, 2.75) is 25.0 Å². The highest BCUT2D eigenvalue weighted by Crippen LogP contribution is 2.11. The van der Waals surface area contributed by atoms with E-state index in [0.717, 1.165) is 31.3 Å². The van der Waals surface area contributed by atoms with Gasteiger partial charge in [-0.1, -0.05) is 18.2 Å². The minimum Gasteiger partial charge on any atom is -0.375 e. The van der Waals surface area contributed by atoms with Gasteiger partial charge in [0, 0.05) is 32.1 Å². The van der Waals surface area contributed by atoms with Crippen molar-refractivity contribution in [1.82, 2.24) is 5.32 Å². The van der Waals surface area contributed by atoms with Gasteiger partial charge in [0.15, 0.2) is 9.84 Å². The van der Waals surface area contributed by atoms with Crippen LogP contribution in [-0.4, -0.2) is 46.0 Å². The summed E-state index contributed by atoms with van der Waals surface area (Å²) in [5.41, 5.74) is 1.16. The van der Waals surface area contributed by atoms with Crippen LogP contribution in [0.25, 0.3) is 0 Å². The van der Waals surface area contributed by atoms with E-state index in [1.165, 1.54) is 6.92 Å². The summed E-state index contributed by atoms with van der Waals surface area (Å²) in [4.78, 5) is 13.8. The number of unbranched alkanes of at least 4 members (excludes halogenated alkanes) is 1. The molecule has 0 aromatic heterocycles. The first-order valence-corrected chi connectivity index (χ1v) is 9.00. The Labute approximate surface area is 127 Å². The van der Waals surface area contributed by atoms with Gasteiger partial charge in [0.05, 0.1) is 0 Å².